The van der Waals surface area contributed by atoms with Gasteiger partial charge in [-0.25, -0.2) is 4.98 Å². The van der Waals surface area contributed by atoms with E-state index in [1.54, 1.807) is 13.3 Å². The fourth-order valence-electron chi connectivity index (χ4n) is 3.38. The molecule has 2 aliphatic carbocycles. The standard InChI is InChI=1S/C14H19N3OS/c1-18-12-3-2-6-15-13(12)17-14(19)16-11-8-9-4-5-10(11)7-9/h2-3,6,9-11H,4-5,7-8H2,1H3,(H2,15,16,17,19)/t9-,10-,11-/m1/s1. The second-order valence-electron chi connectivity index (χ2n) is 5.43. The molecule has 3 rings (SSSR count). The Labute approximate surface area is 118 Å². The van der Waals surface area contributed by atoms with Crippen LogP contribution in [-0.2, 0) is 0 Å². The van der Waals surface area contributed by atoms with Gasteiger partial charge in [-0.3, -0.25) is 0 Å². The molecule has 4 nitrogen and oxygen atoms in total. The van der Waals surface area contributed by atoms with E-state index in [4.69, 9.17) is 17.0 Å². The summed E-state index contributed by atoms with van der Waals surface area (Å²) in [6.45, 7) is 0. The van der Waals surface area contributed by atoms with Crippen LogP contribution in [-0.4, -0.2) is 23.2 Å². The molecule has 1 aromatic rings. The normalized spacial score (nSPS) is 28.2. The van der Waals surface area contributed by atoms with Gasteiger partial charge in [0.1, 0.15) is 0 Å². The van der Waals surface area contributed by atoms with Gasteiger partial charge < -0.3 is 15.4 Å². The van der Waals surface area contributed by atoms with E-state index in [-0.39, 0.29) is 0 Å². The predicted molar refractivity (Wildman–Crippen MR) is 79.4 cm³/mol. The highest BCUT2D eigenvalue weighted by atomic mass is 32.1. The maximum Gasteiger partial charge on any atom is 0.174 e. The number of anilines is 1. The number of ether oxygens (including phenoxy) is 1. The molecule has 2 saturated carbocycles. The van der Waals surface area contributed by atoms with Gasteiger partial charge in [-0.05, 0) is 55.4 Å². The van der Waals surface area contributed by atoms with Gasteiger partial charge >= 0.3 is 0 Å². The number of thiocarbonyl (C=S) groups is 1. The Morgan fingerprint density at radius 1 is 1.42 bits per heavy atom. The van der Waals surface area contributed by atoms with Gasteiger partial charge in [-0.15, -0.1) is 0 Å². The molecule has 2 bridgehead atoms. The minimum Gasteiger partial charge on any atom is -0.493 e. The Hall–Kier alpha value is -1.36. The van der Waals surface area contributed by atoms with E-state index in [1.165, 1.54) is 25.7 Å². The van der Waals surface area contributed by atoms with Gasteiger partial charge in [0.15, 0.2) is 16.7 Å². The summed E-state index contributed by atoms with van der Waals surface area (Å²) in [5, 5.41) is 7.21. The van der Waals surface area contributed by atoms with Gasteiger partial charge in [0, 0.05) is 12.2 Å². The summed E-state index contributed by atoms with van der Waals surface area (Å²) in [6.07, 6.45) is 7.10. The molecule has 0 amide bonds. The Morgan fingerprint density at radius 3 is 3.00 bits per heavy atom. The van der Waals surface area contributed by atoms with Crippen LogP contribution in [0.5, 0.6) is 5.75 Å². The maximum atomic E-state index is 5.38. The third-order valence-electron chi connectivity index (χ3n) is 4.28. The molecule has 3 atom stereocenters. The van der Waals surface area contributed by atoms with Crippen molar-refractivity contribution in [3.8, 4) is 5.75 Å². The molecule has 5 heteroatoms. The van der Waals surface area contributed by atoms with Crippen LogP contribution in [0.3, 0.4) is 0 Å². The number of hydrogen-bond donors (Lipinski definition) is 2. The van der Waals surface area contributed by atoms with E-state index in [9.17, 15) is 0 Å². The van der Waals surface area contributed by atoms with Crippen LogP contribution >= 0.6 is 12.2 Å². The summed E-state index contributed by atoms with van der Waals surface area (Å²) in [5.41, 5.74) is 0. The van der Waals surface area contributed by atoms with Crippen molar-refractivity contribution in [1.29, 1.82) is 0 Å². The van der Waals surface area contributed by atoms with Crippen molar-refractivity contribution in [2.75, 3.05) is 12.4 Å². The Bertz CT molecular complexity index is 480. The van der Waals surface area contributed by atoms with Crippen LogP contribution in [0.2, 0.25) is 0 Å². The van der Waals surface area contributed by atoms with Crippen molar-refractivity contribution >= 4 is 23.1 Å². The number of rotatable bonds is 3. The molecule has 0 spiro atoms. The first-order valence-electron chi connectivity index (χ1n) is 6.83. The highest BCUT2D eigenvalue weighted by molar-refractivity contribution is 7.80. The lowest BCUT2D eigenvalue weighted by Crippen LogP contribution is -2.41. The summed E-state index contributed by atoms with van der Waals surface area (Å²) in [6, 6.07) is 4.25. The Morgan fingerprint density at radius 2 is 2.32 bits per heavy atom. The van der Waals surface area contributed by atoms with Gasteiger partial charge in [0.2, 0.25) is 0 Å². The summed E-state index contributed by atoms with van der Waals surface area (Å²) < 4.78 is 5.25. The average molecular weight is 277 g/mol. The van der Waals surface area contributed by atoms with Gasteiger partial charge in [-0.2, -0.15) is 0 Å². The first kappa shape index (κ1) is 12.7. The minimum absolute atomic E-state index is 0.536. The predicted octanol–water partition coefficient (Wildman–Crippen LogP) is 2.57. The third kappa shape index (κ3) is 2.66. The van der Waals surface area contributed by atoms with Crippen LogP contribution in [0.1, 0.15) is 25.7 Å². The molecule has 1 heterocycles. The highest BCUT2D eigenvalue weighted by Gasteiger charge is 2.39. The zero-order valence-electron chi connectivity index (χ0n) is 11.1. The number of aromatic nitrogens is 1. The number of nitrogens with zero attached hydrogens (tertiary/aromatic N) is 1. The van der Waals surface area contributed by atoms with E-state index in [1.807, 2.05) is 12.1 Å². The number of nitrogens with one attached hydrogen (secondary N) is 2. The number of hydrogen-bond acceptors (Lipinski definition) is 3. The maximum absolute atomic E-state index is 5.38. The van der Waals surface area contributed by atoms with Crippen molar-refractivity contribution in [3.63, 3.8) is 0 Å². The van der Waals surface area contributed by atoms with Crippen molar-refractivity contribution < 1.29 is 4.74 Å². The van der Waals surface area contributed by atoms with Gasteiger partial charge in [0.25, 0.3) is 0 Å². The van der Waals surface area contributed by atoms with E-state index in [2.05, 4.69) is 15.6 Å². The smallest absolute Gasteiger partial charge is 0.174 e. The molecule has 0 radical (unpaired) electrons. The number of pyridine rings is 1. The molecule has 0 unspecified atom stereocenters. The average Bonchev–Trinajstić information content (AvgIpc) is 3.01. The fourth-order valence-corrected chi connectivity index (χ4v) is 3.63. The van der Waals surface area contributed by atoms with E-state index >= 15 is 0 Å². The van der Waals surface area contributed by atoms with Crippen LogP contribution in [0.15, 0.2) is 18.3 Å². The molecular weight excluding hydrogens is 258 g/mol. The molecule has 0 aliphatic heterocycles. The second kappa shape index (κ2) is 5.33. The molecule has 19 heavy (non-hydrogen) atoms. The number of fused-ring (bicyclic) bond motifs is 2. The zero-order chi connectivity index (χ0) is 13.2. The monoisotopic (exact) mass is 277 g/mol. The van der Waals surface area contributed by atoms with Crippen molar-refractivity contribution in [3.05, 3.63) is 18.3 Å². The van der Waals surface area contributed by atoms with E-state index in [0.717, 1.165) is 11.8 Å². The van der Waals surface area contributed by atoms with Crippen LogP contribution < -0.4 is 15.4 Å². The Kier molecular flexibility index (Phi) is 3.55. The second-order valence-corrected chi connectivity index (χ2v) is 5.84. The quantitative estimate of drug-likeness (QED) is 0.832. The lowest BCUT2D eigenvalue weighted by atomic mass is 9.96. The molecule has 1 aromatic heterocycles. The zero-order valence-corrected chi connectivity index (χ0v) is 11.9. The van der Waals surface area contributed by atoms with E-state index in [0.29, 0.717) is 22.7 Å². The van der Waals surface area contributed by atoms with Crippen LogP contribution in [0.4, 0.5) is 5.82 Å². The molecule has 2 fully saturated rings. The van der Waals surface area contributed by atoms with Crippen molar-refractivity contribution in [2.45, 2.75) is 31.7 Å². The SMILES string of the molecule is COc1cccnc1NC(=S)N[C@@H]1C[C@@H]2CC[C@@H]1C2. The number of methoxy groups -OCH3 is 1. The molecular formula is C14H19N3OS. The summed E-state index contributed by atoms with van der Waals surface area (Å²) in [7, 11) is 1.63. The van der Waals surface area contributed by atoms with Crippen molar-refractivity contribution in [2.24, 2.45) is 11.8 Å². The first-order chi connectivity index (χ1) is 9.26. The molecule has 2 N–H and O–H groups in total. The minimum atomic E-state index is 0.536. The topological polar surface area (TPSA) is 46.2 Å². The molecule has 0 saturated heterocycles. The van der Waals surface area contributed by atoms with Crippen LogP contribution in [0, 0.1) is 11.8 Å². The molecule has 0 aromatic carbocycles. The lowest BCUT2D eigenvalue weighted by Gasteiger charge is -2.24. The van der Waals surface area contributed by atoms with Crippen LogP contribution in [0.25, 0.3) is 0 Å². The summed E-state index contributed by atoms with van der Waals surface area (Å²) in [5.74, 6) is 3.09. The largest absolute Gasteiger partial charge is 0.493 e. The third-order valence-corrected chi connectivity index (χ3v) is 4.50. The van der Waals surface area contributed by atoms with Crippen molar-refractivity contribution in [1.82, 2.24) is 10.3 Å². The first-order valence-corrected chi connectivity index (χ1v) is 7.23. The van der Waals surface area contributed by atoms with E-state index < -0.39 is 0 Å². The molecule has 2 aliphatic rings. The summed E-state index contributed by atoms with van der Waals surface area (Å²) in [4.78, 5) is 4.25. The highest BCUT2D eigenvalue weighted by Crippen LogP contribution is 2.44. The Balaban J connectivity index is 1.59. The lowest BCUT2D eigenvalue weighted by molar-refractivity contribution is 0.391. The fraction of sp³-hybridized carbons (Fsp3) is 0.571. The van der Waals surface area contributed by atoms with Gasteiger partial charge in [0.05, 0.1) is 7.11 Å². The summed E-state index contributed by atoms with van der Waals surface area (Å²) >= 11 is 5.38. The molecule has 102 valence electrons. The van der Waals surface area contributed by atoms with Gasteiger partial charge in [-0.1, -0.05) is 6.42 Å².